The molecule has 0 fully saturated rings. The molecule has 0 bridgehead atoms. The molecule has 5 nitrogen and oxygen atoms in total. The highest BCUT2D eigenvalue weighted by molar-refractivity contribution is 7.12. The lowest BCUT2D eigenvalue weighted by molar-refractivity contribution is 0.102. The summed E-state index contributed by atoms with van der Waals surface area (Å²) in [6.07, 6.45) is 1.65. The molecule has 0 radical (unpaired) electrons. The normalized spacial score (nSPS) is 9.88. The van der Waals surface area contributed by atoms with Gasteiger partial charge in [-0.05, 0) is 23.9 Å². The lowest BCUT2D eigenvalue weighted by atomic mass is 10.3. The molecule has 86 valence electrons. The van der Waals surface area contributed by atoms with Gasteiger partial charge in [0.15, 0.2) is 5.82 Å². The number of nitrogens with one attached hydrogen (secondary N) is 1. The van der Waals surface area contributed by atoms with E-state index >= 15 is 0 Å². The topological polar surface area (TPSA) is 70.7 Å². The second kappa shape index (κ2) is 4.80. The summed E-state index contributed by atoms with van der Waals surface area (Å²) in [7, 11) is 0. The van der Waals surface area contributed by atoms with Gasteiger partial charge in [-0.1, -0.05) is 0 Å². The van der Waals surface area contributed by atoms with Crippen molar-refractivity contribution in [2.45, 2.75) is 13.5 Å². The van der Waals surface area contributed by atoms with Crippen molar-refractivity contribution in [2.24, 2.45) is 0 Å². The molecule has 1 amide bonds. The Kier molecular flexibility index (Phi) is 3.21. The highest BCUT2D eigenvalue weighted by atomic mass is 32.1. The predicted molar refractivity (Wildman–Crippen MR) is 64.8 cm³/mol. The van der Waals surface area contributed by atoms with Gasteiger partial charge in [-0.25, -0.2) is 0 Å². The first kappa shape index (κ1) is 11.4. The number of nitrogens with zero attached hydrogens (tertiary/aromatic N) is 3. The smallest absolute Gasteiger partial charge is 0.267 e. The van der Waals surface area contributed by atoms with Crippen LogP contribution >= 0.6 is 11.3 Å². The average Bonchev–Trinajstić information content (AvgIpc) is 2.88. The van der Waals surface area contributed by atoms with E-state index in [0.29, 0.717) is 10.7 Å². The van der Waals surface area contributed by atoms with Crippen LogP contribution in [-0.4, -0.2) is 15.7 Å². The van der Waals surface area contributed by atoms with E-state index < -0.39 is 0 Å². The third-order valence-electron chi connectivity index (χ3n) is 2.18. The molecule has 0 aliphatic carbocycles. The summed E-state index contributed by atoms with van der Waals surface area (Å²) in [6, 6.07) is 5.54. The summed E-state index contributed by atoms with van der Waals surface area (Å²) in [4.78, 5) is 12.5. The molecule has 2 aromatic rings. The fraction of sp³-hybridized carbons (Fsp3) is 0.182. The van der Waals surface area contributed by atoms with Crippen LogP contribution in [0.2, 0.25) is 0 Å². The Labute approximate surface area is 102 Å². The first-order valence-corrected chi connectivity index (χ1v) is 5.84. The number of thiophene rings is 1. The summed E-state index contributed by atoms with van der Waals surface area (Å²) in [5, 5.41) is 17.1. The molecule has 0 spiro atoms. The molecule has 17 heavy (non-hydrogen) atoms. The van der Waals surface area contributed by atoms with Crippen LogP contribution < -0.4 is 5.32 Å². The Morgan fingerprint density at radius 3 is 3.12 bits per heavy atom. The van der Waals surface area contributed by atoms with Crippen LogP contribution in [-0.2, 0) is 6.54 Å². The standard InChI is InChI=1S/C11H10N4OS/c1-8-3-7-17-10(8)11(16)13-9-2-5-15(14-9)6-4-12/h2-3,5,7H,6H2,1H3,(H,13,14,16). The van der Waals surface area contributed by atoms with Crippen molar-refractivity contribution in [1.29, 1.82) is 5.26 Å². The van der Waals surface area contributed by atoms with Gasteiger partial charge in [0.1, 0.15) is 6.54 Å². The fourth-order valence-electron chi connectivity index (χ4n) is 1.37. The maximum atomic E-state index is 11.8. The summed E-state index contributed by atoms with van der Waals surface area (Å²) in [5.74, 6) is 0.290. The molecular formula is C11H10N4OS. The minimum atomic E-state index is -0.167. The number of nitriles is 1. The zero-order chi connectivity index (χ0) is 12.3. The van der Waals surface area contributed by atoms with Gasteiger partial charge >= 0.3 is 0 Å². The van der Waals surface area contributed by atoms with Crippen molar-refractivity contribution in [1.82, 2.24) is 9.78 Å². The van der Waals surface area contributed by atoms with Crippen molar-refractivity contribution in [3.8, 4) is 6.07 Å². The Balaban J connectivity index is 2.08. The summed E-state index contributed by atoms with van der Waals surface area (Å²) in [6.45, 7) is 2.06. The van der Waals surface area contributed by atoms with Crippen LogP contribution in [0.15, 0.2) is 23.7 Å². The quantitative estimate of drug-likeness (QED) is 0.900. The lowest BCUT2D eigenvalue weighted by Gasteiger charge is -2.00. The van der Waals surface area contributed by atoms with Crippen LogP contribution in [0, 0.1) is 18.3 Å². The van der Waals surface area contributed by atoms with Crippen molar-refractivity contribution < 1.29 is 4.79 Å². The zero-order valence-corrected chi connectivity index (χ0v) is 9.99. The van der Waals surface area contributed by atoms with Gasteiger partial charge in [0.05, 0.1) is 10.9 Å². The van der Waals surface area contributed by atoms with Gasteiger partial charge in [0.25, 0.3) is 5.91 Å². The second-order valence-corrected chi connectivity index (χ2v) is 4.36. The number of hydrogen-bond donors (Lipinski definition) is 1. The highest BCUT2D eigenvalue weighted by Crippen LogP contribution is 2.17. The molecule has 0 unspecified atom stereocenters. The third kappa shape index (κ3) is 2.52. The van der Waals surface area contributed by atoms with E-state index in [9.17, 15) is 4.79 Å². The van der Waals surface area contributed by atoms with Crippen molar-refractivity contribution in [3.63, 3.8) is 0 Å². The maximum absolute atomic E-state index is 11.8. The molecule has 0 aliphatic rings. The van der Waals surface area contributed by atoms with Crippen LogP contribution in [0.5, 0.6) is 0 Å². The Morgan fingerprint density at radius 1 is 1.65 bits per heavy atom. The van der Waals surface area contributed by atoms with E-state index in [2.05, 4.69) is 10.4 Å². The molecule has 2 heterocycles. The Hall–Kier alpha value is -2.13. The van der Waals surface area contributed by atoms with E-state index in [0.717, 1.165) is 5.56 Å². The van der Waals surface area contributed by atoms with Crippen molar-refractivity contribution in [3.05, 3.63) is 34.2 Å². The van der Waals surface area contributed by atoms with Gasteiger partial charge in [-0.15, -0.1) is 11.3 Å². The molecule has 2 aromatic heterocycles. The Morgan fingerprint density at radius 2 is 2.47 bits per heavy atom. The molecule has 2 rings (SSSR count). The molecule has 0 atom stereocenters. The number of hydrogen-bond acceptors (Lipinski definition) is 4. The largest absolute Gasteiger partial charge is 0.304 e. The minimum Gasteiger partial charge on any atom is -0.304 e. The first-order valence-electron chi connectivity index (χ1n) is 4.96. The van der Waals surface area contributed by atoms with Crippen LogP contribution in [0.25, 0.3) is 0 Å². The molecule has 0 aromatic carbocycles. The van der Waals surface area contributed by atoms with Gasteiger partial charge in [-0.2, -0.15) is 10.4 Å². The number of aryl methyl sites for hydroxylation is 1. The van der Waals surface area contributed by atoms with Crippen LogP contribution in [0.4, 0.5) is 5.82 Å². The highest BCUT2D eigenvalue weighted by Gasteiger charge is 2.11. The lowest BCUT2D eigenvalue weighted by Crippen LogP contribution is -2.12. The van der Waals surface area contributed by atoms with E-state index in [-0.39, 0.29) is 12.5 Å². The molecule has 0 saturated carbocycles. The van der Waals surface area contributed by atoms with Gasteiger partial charge in [0, 0.05) is 12.3 Å². The van der Waals surface area contributed by atoms with E-state index in [4.69, 9.17) is 5.26 Å². The number of carbonyl (C=O) groups is 1. The van der Waals surface area contributed by atoms with Crippen molar-refractivity contribution >= 4 is 23.1 Å². The molecule has 0 aliphatic heterocycles. The molecule has 6 heteroatoms. The first-order chi connectivity index (χ1) is 8.20. The molecule has 1 N–H and O–H groups in total. The number of rotatable bonds is 3. The fourth-order valence-corrected chi connectivity index (χ4v) is 2.19. The van der Waals surface area contributed by atoms with Crippen molar-refractivity contribution in [2.75, 3.05) is 5.32 Å². The van der Waals surface area contributed by atoms with Gasteiger partial charge in [0.2, 0.25) is 0 Å². The molecule has 0 saturated heterocycles. The molecular weight excluding hydrogens is 236 g/mol. The monoisotopic (exact) mass is 246 g/mol. The zero-order valence-electron chi connectivity index (χ0n) is 9.17. The third-order valence-corrected chi connectivity index (χ3v) is 3.20. The number of aromatic nitrogens is 2. The van der Waals surface area contributed by atoms with E-state index in [1.807, 2.05) is 24.4 Å². The average molecular weight is 246 g/mol. The summed E-state index contributed by atoms with van der Waals surface area (Å²) >= 11 is 1.39. The predicted octanol–water partition coefficient (Wildman–Crippen LogP) is 2.03. The SMILES string of the molecule is Cc1ccsc1C(=O)Nc1ccn(CC#N)n1. The van der Waals surface area contributed by atoms with Crippen LogP contribution in [0.1, 0.15) is 15.2 Å². The number of anilines is 1. The maximum Gasteiger partial charge on any atom is 0.267 e. The van der Waals surface area contributed by atoms with E-state index in [1.54, 1.807) is 12.3 Å². The Bertz CT molecular complexity index is 578. The summed E-state index contributed by atoms with van der Waals surface area (Å²) in [5.41, 5.74) is 0.948. The van der Waals surface area contributed by atoms with Crippen LogP contribution in [0.3, 0.4) is 0 Å². The second-order valence-electron chi connectivity index (χ2n) is 3.44. The van der Waals surface area contributed by atoms with Gasteiger partial charge in [-0.3, -0.25) is 9.48 Å². The minimum absolute atomic E-state index is 0.167. The number of amides is 1. The van der Waals surface area contributed by atoms with Gasteiger partial charge < -0.3 is 5.32 Å². The number of carbonyl (C=O) groups excluding carboxylic acids is 1. The van der Waals surface area contributed by atoms with E-state index in [1.165, 1.54) is 16.0 Å². The summed E-state index contributed by atoms with van der Waals surface area (Å²) < 4.78 is 1.47.